The Morgan fingerprint density at radius 1 is 0.871 bits per heavy atom. The zero-order valence-corrected chi connectivity index (χ0v) is 18.2. The SMILES string of the molecule is CC(C)(C)c1ccc(C[C@H](NC(=O)C2c3ccccc3-c3ccccc32)C(N)=O)cc1. The zero-order chi connectivity index (χ0) is 22.2. The van der Waals surface area contributed by atoms with Crippen LogP contribution in [-0.4, -0.2) is 17.9 Å². The molecule has 3 aromatic rings. The van der Waals surface area contributed by atoms with E-state index < -0.39 is 17.9 Å². The van der Waals surface area contributed by atoms with Crippen molar-refractivity contribution < 1.29 is 9.59 Å². The molecule has 0 heterocycles. The van der Waals surface area contributed by atoms with Gasteiger partial charge in [-0.2, -0.15) is 0 Å². The quantitative estimate of drug-likeness (QED) is 0.655. The molecular weight excluding hydrogens is 384 g/mol. The molecule has 1 aliphatic rings. The van der Waals surface area contributed by atoms with Crippen LogP contribution in [0.5, 0.6) is 0 Å². The maximum atomic E-state index is 13.3. The third-order valence-corrected chi connectivity index (χ3v) is 6.02. The summed E-state index contributed by atoms with van der Waals surface area (Å²) in [5.41, 5.74) is 11.9. The summed E-state index contributed by atoms with van der Waals surface area (Å²) in [6, 6.07) is 23.2. The van der Waals surface area contributed by atoms with Crippen molar-refractivity contribution in [1.29, 1.82) is 0 Å². The van der Waals surface area contributed by atoms with E-state index in [4.69, 9.17) is 5.73 Å². The molecule has 3 aromatic carbocycles. The number of carbonyl (C=O) groups excluding carboxylic acids is 2. The van der Waals surface area contributed by atoms with Gasteiger partial charge < -0.3 is 11.1 Å². The topological polar surface area (TPSA) is 72.2 Å². The molecule has 0 radical (unpaired) electrons. The molecule has 2 amide bonds. The molecule has 0 fully saturated rings. The van der Waals surface area contributed by atoms with Gasteiger partial charge in [-0.05, 0) is 38.8 Å². The fraction of sp³-hybridized carbons (Fsp3) is 0.259. The maximum Gasteiger partial charge on any atom is 0.240 e. The molecule has 158 valence electrons. The number of fused-ring (bicyclic) bond motifs is 3. The molecule has 1 atom stereocenters. The number of hydrogen-bond acceptors (Lipinski definition) is 2. The Morgan fingerprint density at radius 2 is 1.39 bits per heavy atom. The highest BCUT2D eigenvalue weighted by molar-refractivity contribution is 5.98. The molecule has 0 aliphatic heterocycles. The fourth-order valence-corrected chi connectivity index (χ4v) is 4.29. The van der Waals surface area contributed by atoms with Crippen molar-refractivity contribution in [2.24, 2.45) is 5.73 Å². The summed E-state index contributed by atoms with van der Waals surface area (Å²) in [4.78, 5) is 25.5. The number of nitrogens with one attached hydrogen (secondary N) is 1. The van der Waals surface area contributed by atoms with Crippen LogP contribution in [0.3, 0.4) is 0 Å². The van der Waals surface area contributed by atoms with Gasteiger partial charge in [-0.1, -0.05) is 93.6 Å². The highest BCUT2D eigenvalue weighted by Crippen LogP contribution is 2.44. The predicted molar refractivity (Wildman–Crippen MR) is 124 cm³/mol. The lowest BCUT2D eigenvalue weighted by Gasteiger charge is -2.21. The lowest BCUT2D eigenvalue weighted by molar-refractivity contribution is -0.127. The van der Waals surface area contributed by atoms with Gasteiger partial charge >= 0.3 is 0 Å². The second-order valence-electron chi connectivity index (χ2n) is 9.22. The number of primary amides is 1. The first kappa shape index (κ1) is 20.9. The van der Waals surface area contributed by atoms with Crippen molar-refractivity contribution in [1.82, 2.24) is 5.32 Å². The number of benzene rings is 3. The average molecular weight is 413 g/mol. The minimum Gasteiger partial charge on any atom is -0.368 e. The molecule has 0 bridgehead atoms. The first-order valence-electron chi connectivity index (χ1n) is 10.6. The lowest BCUT2D eigenvalue weighted by atomic mass is 9.86. The summed E-state index contributed by atoms with van der Waals surface area (Å²) >= 11 is 0. The van der Waals surface area contributed by atoms with E-state index in [1.54, 1.807) is 0 Å². The van der Waals surface area contributed by atoms with Crippen LogP contribution >= 0.6 is 0 Å². The van der Waals surface area contributed by atoms with Crippen molar-refractivity contribution in [2.75, 3.05) is 0 Å². The van der Waals surface area contributed by atoms with Gasteiger partial charge in [-0.25, -0.2) is 0 Å². The predicted octanol–water partition coefficient (Wildman–Crippen LogP) is 4.31. The molecule has 31 heavy (non-hydrogen) atoms. The number of hydrogen-bond donors (Lipinski definition) is 2. The lowest BCUT2D eigenvalue weighted by Crippen LogP contribution is -2.47. The Bertz CT molecular complexity index is 1080. The van der Waals surface area contributed by atoms with Gasteiger partial charge in [0.05, 0.1) is 5.92 Å². The van der Waals surface area contributed by atoms with E-state index in [1.165, 1.54) is 5.56 Å². The number of nitrogens with two attached hydrogens (primary N) is 1. The van der Waals surface area contributed by atoms with Crippen LogP contribution < -0.4 is 11.1 Å². The fourth-order valence-electron chi connectivity index (χ4n) is 4.29. The van der Waals surface area contributed by atoms with Gasteiger partial charge in [0.15, 0.2) is 0 Å². The van der Waals surface area contributed by atoms with Crippen molar-refractivity contribution in [3.05, 3.63) is 95.1 Å². The van der Waals surface area contributed by atoms with Crippen molar-refractivity contribution in [2.45, 2.75) is 44.6 Å². The third kappa shape index (κ3) is 4.11. The van der Waals surface area contributed by atoms with Crippen molar-refractivity contribution >= 4 is 11.8 Å². The summed E-state index contributed by atoms with van der Waals surface area (Å²) < 4.78 is 0. The highest BCUT2D eigenvalue weighted by atomic mass is 16.2. The van der Waals surface area contributed by atoms with Gasteiger partial charge in [0, 0.05) is 6.42 Å². The first-order valence-corrected chi connectivity index (χ1v) is 10.6. The van der Waals surface area contributed by atoms with Gasteiger partial charge in [0.1, 0.15) is 6.04 Å². The van der Waals surface area contributed by atoms with Crippen LogP contribution in [0.15, 0.2) is 72.8 Å². The monoisotopic (exact) mass is 412 g/mol. The molecule has 0 aromatic heterocycles. The van der Waals surface area contributed by atoms with Crippen LogP contribution in [0, 0.1) is 0 Å². The largest absolute Gasteiger partial charge is 0.368 e. The summed E-state index contributed by atoms with van der Waals surface area (Å²) in [5.74, 6) is -1.18. The summed E-state index contributed by atoms with van der Waals surface area (Å²) in [6.45, 7) is 6.48. The van der Waals surface area contributed by atoms with Crippen LogP contribution in [0.2, 0.25) is 0 Å². The van der Waals surface area contributed by atoms with Crippen LogP contribution in [-0.2, 0) is 21.4 Å². The van der Waals surface area contributed by atoms with E-state index in [0.717, 1.165) is 27.8 Å². The van der Waals surface area contributed by atoms with Crippen LogP contribution in [0.4, 0.5) is 0 Å². The molecule has 0 spiro atoms. The van der Waals surface area contributed by atoms with Crippen molar-refractivity contribution in [3.63, 3.8) is 0 Å². The minimum atomic E-state index is -0.770. The maximum absolute atomic E-state index is 13.3. The summed E-state index contributed by atoms with van der Waals surface area (Å²) in [5, 5.41) is 2.92. The Morgan fingerprint density at radius 3 is 1.87 bits per heavy atom. The molecule has 0 unspecified atom stereocenters. The normalized spacial score (nSPS) is 13.9. The zero-order valence-electron chi connectivity index (χ0n) is 18.2. The standard InChI is InChI=1S/C27H28N2O2/c1-27(2,3)18-14-12-17(13-15-18)16-23(25(28)30)29-26(31)24-21-10-6-4-8-19(21)20-9-5-7-11-22(20)24/h4-15,23-24H,16H2,1-3H3,(H2,28,30)(H,29,31)/t23-/m0/s1. The number of carbonyl (C=O) groups is 2. The number of amides is 2. The van der Waals surface area contributed by atoms with E-state index >= 15 is 0 Å². The smallest absolute Gasteiger partial charge is 0.240 e. The Labute approximate surface area is 183 Å². The second-order valence-corrected chi connectivity index (χ2v) is 9.22. The number of rotatable bonds is 5. The third-order valence-electron chi connectivity index (χ3n) is 6.02. The molecule has 4 rings (SSSR count). The Hall–Kier alpha value is -3.40. The summed E-state index contributed by atoms with van der Waals surface area (Å²) in [7, 11) is 0. The van der Waals surface area contributed by atoms with Gasteiger partial charge in [-0.3, -0.25) is 9.59 Å². The molecule has 3 N–H and O–H groups in total. The van der Waals surface area contributed by atoms with Gasteiger partial charge in [0.25, 0.3) is 0 Å². The molecule has 1 aliphatic carbocycles. The molecule has 0 saturated carbocycles. The van der Waals surface area contributed by atoms with Crippen LogP contribution in [0.25, 0.3) is 11.1 Å². The second kappa shape index (κ2) is 8.03. The highest BCUT2D eigenvalue weighted by Gasteiger charge is 2.35. The first-order chi connectivity index (χ1) is 14.8. The van der Waals surface area contributed by atoms with E-state index in [1.807, 2.05) is 60.7 Å². The average Bonchev–Trinajstić information content (AvgIpc) is 3.07. The minimum absolute atomic E-state index is 0.0547. The van der Waals surface area contributed by atoms with E-state index in [9.17, 15) is 9.59 Å². The Balaban J connectivity index is 1.57. The Kier molecular flexibility index (Phi) is 5.40. The van der Waals surface area contributed by atoms with Crippen LogP contribution in [0.1, 0.15) is 48.9 Å². The van der Waals surface area contributed by atoms with Gasteiger partial charge in [0.2, 0.25) is 11.8 Å². The van der Waals surface area contributed by atoms with E-state index in [2.05, 4.69) is 38.2 Å². The molecule has 0 saturated heterocycles. The molecule has 4 heteroatoms. The van der Waals surface area contributed by atoms with E-state index in [-0.39, 0.29) is 11.3 Å². The van der Waals surface area contributed by atoms with E-state index in [0.29, 0.717) is 6.42 Å². The van der Waals surface area contributed by atoms with Gasteiger partial charge in [-0.15, -0.1) is 0 Å². The summed E-state index contributed by atoms with van der Waals surface area (Å²) in [6.07, 6.45) is 0.363. The molecule has 4 nitrogen and oxygen atoms in total. The van der Waals surface area contributed by atoms with Crippen molar-refractivity contribution in [3.8, 4) is 11.1 Å². The molecular formula is C27H28N2O2.